The number of benzene rings is 11. The number of rotatable bonds is 28. The molecule has 3 aliphatic carbocycles. The molecule has 4 aliphatic rings. The SMILES string of the molecule is CCCC(=O)Nc1ccc(C)cc1.CCCCOC(=O)Nc1ccc(C)cc1.CCCS(=O)(=O)Nc1ccc(C)cc1F.CCN(c1ccc(C)cc1)S(=O)(=O)CC.CCS(=O)(=O)Nc1ccc(C)cc1F.CNC(=O)c1ccc(C)cc1.Cc1ccc(C(=O)N2CC2)cc1.Cc1ccc(N(C)S(=O)(=O)C2CC2)cc1.Cc1ccc(NC(=O)C2CCC2)cc1.Cc1ccc(NS(=O)(=O)C2CC2)c(F)c1.Cc1cccc(N)c1. The molecule has 35 heteroatoms. The molecular formula is C112H148F3N11O16S5. The number of carbonyl (C=O) groups is 5. The van der Waals surface area contributed by atoms with E-state index in [9.17, 15) is 79.2 Å². The number of hydrogen-bond acceptors (Lipinski definition) is 17. The lowest BCUT2D eigenvalue weighted by Crippen LogP contribution is -2.31. The molecule has 147 heavy (non-hydrogen) atoms. The molecule has 27 nitrogen and oxygen atoms in total. The van der Waals surface area contributed by atoms with E-state index in [4.69, 9.17) is 10.5 Å². The highest BCUT2D eigenvalue weighted by atomic mass is 32.2. The van der Waals surface area contributed by atoms with Crippen molar-refractivity contribution in [3.8, 4) is 0 Å². The number of hydrogen-bond donors (Lipinski definition) is 8. The van der Waals surface area contributed by atoms with Crippen LogP contribution in [-0.4, -0.2) is 145 Å². The van der Waals surface area contributed by atoms with Crippen LogP contribution in [0, 0.1) is 99.5 Å². The van der Waals surface area contributed by atoms with Gasteiger partial charge in [-0.3, -0.25) is 47.3 Å². The van der Waals surface area contributed by atoms with E-state index in [0.29, 0.717) is 44.4 Å². The molecule has 3 saturated carbocycles. The predicted molar refractivity (Wildman–Crippen MR) is 595 cm³/mol. The van der Waals surface area contributed by atoms with Gasteiger partial charge in [-0.2, -0.15) is 0 Å². The van der Waals surface area contributed by atoms with Crippen LogP contribution in [0.2, 0.25) is 0 Å². The summed E-state index contributed by atoms with van der Waals surface area (Å²) in [5, 5.41) is 10.5. The van der Waals surface area contributed by atoms with Crippen molar-refractivity contribution in [2.24, 2.45) is 5.92 Å². The van der Waals surface area contributed by atoms with Crippen LogP contribution in [0.1, 0.15) is 201 Å². The van der Waals surface area contributed by atoms with Gasteiger partial charge in [0.05, 0.1) is 62.8 Å². The summed E-state index contributed by atoms with van der Waals surface area (Å²) in [5.41, 5.74) is 23.6. The molecule has 5 amide bonds. The zero-order chi connectivity index (χ0) is 109. The van der Waals surface area contributed by atoms with Gasteiger partial charge in [-0.05, 0) is 310 Å². The summed E-state index contributed by atoms with van der Waals surface area (Å²) in [6.45, 7) is 34.9. The Morgan fingerprint density at radius 1 is 0.415 bits per heavy atom. The Kier molecular flexibility index (Phi) is 52.6. The molecule has 4 fully saturated rings. The van der Waals surface area contributed by atoms with Gasteiger partial charge in [0.1, 0.15) is 17.5 Å². The lowest BCUT2D eigenvalue weighted by atomic mass is 9.85. The third kappa shape index (κ3) is 48.0. The first kappa shape index (κ1) is 124. The lowest BCUT2D eigenvalue weighted by Gasteiger charge is -2.24. The van der Waals surface area contributed by atoms with E-state index in [1.807, 2.05) is 268 Å². The molecule has 11 aromatic carbocycles. The van der Waals surface area contributed by atoms with E-state index in [0.717, 1.165) is 131 Å². The molecule has 15 rings (SSSR count). The number of nitrogens with zero attached hydrogens (tertiary/aromatic N) is 3. The van der Waals surface area contributed by atoms with Gasteiger partial charge in [0, 0.05) is 79.9 Å². The van der Waals surface area contributed by atoms with Gasteiger partial charge in [0.15, 0.2) is 0 Å². The number of carbonyl (C=O) groups excluding carboxylic acids is 5. The van der Waals surface area contributed by atoms with Crippen LogP contribution in [0.15, 0.2) is 249 Å². The maximum atomic E-state index is 13.3. The van der Waals surface area contributed by atoms with Gasteiger partial charge in [-0.15, -0.1) is 0 Å². The Labute approximate surface area is 871 Å². The van der Waals surface area contributed by atoms with Crippen LogP contribution in [-0.2, 0) is 64.4 Å². The zero-order valence-electron chi connectivity index (χ0n) is 88.0. The molecule has 1 saturated heterocycles. The fraction of sp³-hybridized carbons (Fsp3) is 0.366. The van der Waals surface area contributed by atoms with Crippen LogP contribution < -0.4 is 49.8 Å². The summed E-state index contributed by atoms with van der Waals surface area (Å²) in [7, 11) is -13.2. The summed E-state index contributed by atoms with van der Waals surface area (Å²) in [6, 6.07) is 74.5. The number of anilines is 9. The summed E-state index contributed by atoms with van der Waals surface area (Å²) in [6.07, 6.45) is 9.78. The van der Waals surface area contributed by atoms with E-state index in [1.54, 1.807) is 66.9 Å². The Balaban J connectivity index is 0.000000285. The molecule has 1 heterocycles. The number of ether oxygens (including phenoxy) is 1. The largest absolute Gasteiger partial charge is 0.449 e. The number of amides is 5. The molecule has 1 aliphatic heterocycles. The average molecular weight is 2120 g/mol. The minimum absolute atomic E-state index is 0.000314. The number of unbranched alkanes of at least 4 members (excludes halogenated alkanes) is 1. The lowest BCUT2D eigenvalue weighted by molar-refractivity contribution is -0.122. The molecule has 9 N–H and O–H groups in total. The quantitative estimate of drug-likeness (QED) is 0.0128. The third-order valence-corrected chi connectivity index (χ3v) is 31.0. The van der Waals surface area contributed by atoms with E-state index in [2.05, 4.69) is 42.4 Å². The van der Waals surface area contributed by atoms with Crippen LogP contribution in [0.3, 0.4) is 0 Å². The van der Waals surface area contributed by atoms with Crippen LogP contribution in [0.25, 0.3) is 0 Å². The topological polar surface area (TPSA) is 385 Å². The predicted octanol–water partition coefficient (Wildman–Crippen LogP) is 23.5. The van der Waals surface area contributed by atoms with Crippen molar-refractivity contribution < 1.29 is 84.0 Å². The van der Waals surface area contributed by atoms with Crippen LogP contribution >= 0.6 is 0 Å². The highest BCUT2D eigenvalue weighted by Gasteiger charge is 2.39. The maximum absolute atomic E-state index is 13.3. The number of halogens is 3. The average Bonchev–Trinajstić information content (AvgIpc) is 1.64. The normalized spacial score (nSPS) is 12.5. The molecule has 11 aromatic rings. The van der Waals surface area contributed by atoms with Crippen molar-refractivity contribution >= 4 is 131 Å². The van der Waals surface area contributed by atoms with Gasteiger partial charge >= 0.3 is 6.09 Å². The molecule has 0 aromatic heterocycles. The minimum Gasteiger partial charge on any atom is -0.449 e. The molecule has 0 bridgehead atoms. The standard InChI is InChI=1S/C12H17NO2.C12H15NO.C11H15NO2S.C11H17NO2S.C11H15NO.C10H12FNO2S.C10H14FNO2S.C10H11NO.C9H12FNO2S.C9H11NO.C7H9N/c1-3-4-9-15-12(14)13-11-7-5-10(2)6-8-11;1-9-5-7-11(8-6-9)13-12(14)10-3-2-4-10;1-9-3-5-10(6-4-9)12(2)15(13,14)11-7-8-11;1-4-12(15(13,14)5-2)11-8-6-10(3)7-9-11;1-3-4-11(13)12-10-7-5-9(2)6-8-10;1-7-2-5-10(9(11)6-7)12-15(13,14)8-3-4-8;1-3-6-15(13,14)12-10-5-4-8(2)7-9(10)11;1-8-2-4-9(5-3-8)10(12)11-6-7-11;1-3-14(12,13)11-9-5-4-7(2)6-8(9)10;1-7-3-5-8(6-4-7)9(11)10-2;1-6-3-2-4-7(8)5-6/h5-8H,3-4,9H2,1-2H3,(H,13,14);5-8,10H,2-4H2,1H3,(H,13,14);3-6,11H,7-8H2,1-2H3;6-9H,4-5H2,1-3H3;5-8H,3-4H2,1-2H3,(H,12,13);2,5-6,8,12H,3-4H2,1H3;4-5,7,12H,3,6H2,1-2H3;2-5H,6-7H2,1H3;4-6,11H,3H2,1-2H3;3-6H,1-2H3,(H,10,11);2-5H,8H2,1H3. The zero-order valence-corrected chi connectivity index (χ0v) is 92.0. The summed E-state index contributed by atoms with van der Waals surface area (Å²) in [4.78, 5) is 58.3. The van der Waals surface area contributed by atoms with Crippen molar-refractivity contribution in [3.63, 3.8) is 0 Å². The van der Waals surface area contributed by atoms with E-state index in [1.165, 1.54) is 86.2 Å². The van der Waals surface area contributed by atoms with Gasteiger partial charge in [-0.25, -0.2) is 60.1 Å². The molecular weight excluding hydrogens is 1970 g/mol. The second kappa shape index (κ2) is 62.1. The van der Waals surface area contributed by atoms with Crippen LogP contribution in [0.5, 0.6) is 0 Å². The highest BCUT2D eigenvalue weighted by molar-refractivity contribution is 7.94. The van der Waals surface area contributed by atoms with Crippen molar-refractivity contribution in [1.82, 2.24) is 10.2 Å². The van der Waals surface area contributed by atoms with Crippen molar-refractivity contribution in [2.75, 3.05) is 102 Å². The minimum atomic E-state index is -3.41. The van der Waals surface area contributed by atoms with Crippen LogP contribution in [0.4, 0.5) is 69.2 Å². The molecule has 0 spiro atoms. The van der Waals surface area contributed by atoms with Crippen molar-refractivity contribution in [2.45, 2.75) is 205 Å². The van der Waals surface area contributed by atoms with Gasteiger partial charge in [0.2, 0.25) is 61.9 Å². The smallest absolute Gasteiger partial charge is 0.411 e. The van der Waals surface area contributed by atoms with Gasteiger partial charge in [-0.1, -0.05) is 188 Å². The summed E-state index contributed by atoms with van der Waals surface area (Å²) < 4.78 is 170. The van der Waals surface area contributed by atoms with Crippen molar-refractivity contribution in [3.05, 3.63) is 338 Å². The second-order valence-electron chi connectivity index (χ2n) is 35.8. The summed E-state index contributed by atoms with van der Waals surface area (Å²) in [5.74, 6) is -0.909. The Morgan fingerprint density at radius 3 is 1.16 bits per heavy atom. The monoisotopic (exact) mass is 2120 g/mol. The van der Waals surface area contributed by atoms with Gasteiger partial charge < -0.3 is 31.3 Å². The molecule has 0 radical (unpaired) electrons. The van der Waals surface area contributed by atoms with E-state index in [-0.39, 0.29) is 80.5 Å². The first-order valence-electron chi connectivity index (χ1n) is 49.0. The Hall–Kier alpha value is -13.1. The first-order chi connectivity index (χ1) is 69.4. The molecule has 0 atom stereocenters. The second-order valence-corrected chi connectivity index (χ2v) is 46.1. The molecule has 0 unspecified atom stereocenters. The fourth-order valence-electron chi connectivity index (χ4n) is 12.7. The number of nitrogen functional groups attached to an aromatic ring is 1. The Morgan fingerprint density at radius 2 is 0.803 bits per heavy atom. The fourth-order valence-corrected chi connectivity index (χ4v) is 18.7. The number of nitrogens with one attached hydrogen (secondary N) is 7. The summed E-state index contributed by atoms with van der Waals surface area (Å²) >= 11 is 0. The Bertz CT molecular complexity index is 6570. The number of aryl methyl sites for hydroxylation is 11. The van der Waals surface area contributed by atoms with Gasteiger partial charge in [0.25, 0.3) is 11.8 Å². The number of nitrogens with two attached hydrogens (primary N) is 1. The van der Waals surface area contributed by atoms with E-state index < -0.39 is 67.6 Å². The third-order valence-electron chi connectivity index (χ3n) is 22.3. The highest BCUT2D eigenvalue weighted by Crippen LogP contribution is 2.34. The van der Waals surface area contributed by atoms with Crippen molar-refractivity contribution in [1.29, 1.82) is 0 Å². The maximum Gasteiger partial charge on any atom is 0.411 e. The number of sulfonamides is 5. The first-order valence-corrected chi connectivity index (χ1v) is 57.0. The van der Waals surface area contributed by atoms with E-state index >= 15 is 0 Å². The molecule has 798 valence electrons.